The van der Waals surface area contributed by atoms with Crippen molar-refractivity contribution in [3.8, 4) is 5.69 Å². The third-order valence-corrected chi connectivity index (χ3v) is 5.78. The Morgan fingerprint density at radius 3 is 2.62 bits per heavy atom. The highest BCUT2D eigenvalue weighted by Gasteiger charge is 2.36. The van der Waals surface area contributed by atoms with Crippen molar-refractivity contribution < 1.29 is 19.1 Å². The van der Waals surface area contributed by atoms with Gasteiger partial charge in [0.05, 0.1) is 11.5 Å². The first-order valence-corrected chi connectivity index (χ1v) is 10.3. The zero-order valence-corrected chi connectivity index (χ0v) is 18.2. The van der Waals surface area contributed by atoms with Crippen LogP contribution in [0.2, 0.25) is 5.02 Å². The van der Waals surface area contributed by atoms with Crippen molar-refractivity contribution in [3.05, 3.63) is 56.7 Å². The molecule has 0 aliphatic carbocycles. The zero-order valence-electron chi connectivity index (χ0n) is 16.6. The number of esters is 1. The van der Waals surface area contributed by atoms with Crippen molar-refractivity contribution in [3.63, 3.8) is 0 Å². The highest BCUT2D eigenvalue weighted by molar-refractivity contribution is 8.18. The highest BCUT2D eigenvalue weighted by atomic mass is 35.5. The van der Waals surface area contributed by atoms with Gasteiger partial charge in [-0.3, -0.25) is 19.3 Å². The minimum atomic E-state index is -0.606. The Morgan fingerprint density at radius 2 is 1.93 bits per heavy atom. The number of thioether (sulfide) groups is 1. The molecular formula is C21H21ClN2O4S. The normalized spacial score (nSPS) is 15.5. The van der Waals surface area contributed by atoms with Gasteiger partial charge >= 0.3 is 5.97 Å². The zero-order chi connectivity index (χ0) is 21.3. The third kappa shape index (κ3) is 4.26. The Bertz CT molecular complexity index is 1040. The molecule has 152 valence electrons. The van der Waals surface area contributed by atoms with Gasteiger partial charge in [-0.1, -0.05) is 17.7 Å². The summed E-state index contributed by atoms with van der Waals surface area (Å²) in [6.07, 6.45) is 1.69. The number of halogens is 1. The molecule has 6 nitrogen and oxygen atoms in total. The lowest BCUT2D eigenvalue weighted by atomic mass is 10.2. The topological polar surface area (TPSA) is 68.6 Å². The van der Waals surface area contributed by atoms with E-state index in [1.807, 2.05) is 45.0 Å². The maximum Gasteiger partial charge on any atom is 0.326 e. The molecule has 1 saturated heterocycles. The summed E-state index contributed by atoms with van der Waals surface area (Å²) in [5, 5.41) is 0.161. The second kappa shape index (κ2) is 8.47. The van der Waals surface area contributed by atoms with E-state index in [0.29, 0.717) is 5.02 Å². The van der Waals surface area contributed by atoms with Crippen LogP contribution in [0.3, 0.4) is 0 Å². The van der Waals surface area contributed by atoms with E-state index in [4.69, 9.17) is 16.3 Å². The molecule has 29 heavy (non-hydrogen) atoms. The first-order chi connectivity index (χ1) is 13.7. The van der Waals surface area contributed by atoms with Gasteiger partial charge in [-0.25, -0.2) is 0 Å². The van der Waals surface area contributed by atoms with Gasteiger partial charge in [-0.05, 0) is 74.9 Å². The Kier molecular flexibility index (Phi) is 6.19. The summed E-state index contributed by atoms with van der Waals surface area (Å²) < 4.78 is 6.90. The average Bonchev–Trinajstić information content (AvgIpc) is 3.07. The molecule has 1 fully saturated rings. The number of carbonyl (C=O) groups is 3. The summed E-state index contributed by atoms with van der Waals surface area (Å²) in [6, 6.07) is 7.65. The summed E-state index contributed by atoms with van der Waals surface area (Å²) in [5.41, 5.74) is 4.75. The van der Waals surface area contributed by atoms with Gasteiger partial charge in [-0.15, -0.1) is 0 Å². The lowest BCUT2D eigenvalue weighted by Crippen LogP contribution is -2.34. The molecule has 2 aromatic rings. The van der Waals surface area contributed by atoms with Gasteiger partial charge in [0.15, 0.2) is 0 Å². The molecule has 1 aromatic carbocycles. The highest BCUT2D eigenvalue weighted by Crippen LogP contribution is 2.34. The molecule has 1 aliphatic heterocycles. The summed E-state index contributed by atoms with van der Waals surface area (Å²) in [4.78, 5) is 37.7. The van der Waals surface area contributed by atoms with Crippen LogP contribution in [-0.4, -0.2) is 39.7 Å². The van der Waals surface area contributed by atoms with Crippen LogP contribution in [0.4, 0.5) is 4.79 Å². The van der Waals surface area contributed by atoms with E-state index in [2.05, 4.69) is 4.57 Å². The molecular weight excluding hydrogens is 412 g/mol. The van der Waals surface area contributed by atoms with Crippen molar-refractivity contribution in [2.75, 3.05) is 13.2 Å². The molecule has 0 unspecified atom stereocenters. The average molecular weight is 433 g/mol. The number of benzene rings is 1. The molecule has 2 amide bonds. The van der Waals surface area contributed by atoms with Gasteiger partial charge in [0, 0.05) is 22.1 Å². The van der Waals surface area contributed by atoms with Crippen molar-refractivity contribution in [1.29, 1.82) is 0 Å². The van der Waals surface area contributed by atoms with Crippen molar-refractivity contribution in [1.82, 2.24) is 9.47 Å². The third-order valence-electron chi connectivity index (χ3n) is 4.64. The standard InChI is InChI=1S/C21H21ClN2O4S/c1-5-28-19(25)11-23-20(26)18(29-21(23)27)9-15-8-13(3)24(14(15)4)17-10-16(22)7-6-12(17)2/h6-10H,5,11H2,1-4H3. The Hall–Kier alpha value is -2.51. The second-order valence-corrected chi connectivity index (χ2v) is 8.10. The predicted octanol–water partition coefficient (Wildman–Crippen LogP) is 4.66. The van der Waals surface area contributed by atoms with Crippen LogP contribution in [0.25, 0.3) is 11.8 Å². The van der Waals surface area contributed by atoms with Crippen LogP contribution >= 0.6 is 23.4 Å². The van der Waals surface area contributed by atoms with Crippen molar-refractivity contribution >= 4 is 46.6 Å². The van der Waals surface area contributed by atoms with E-state index in [1.165, 1.54) is 0 Å². The number of ether oxygens (including phenoxy) is 1. The fourth-order valence-corrected chi connectivity index (χ4v) is 4.24. The van der Waals surface area contributed by atoms with Crippen LogP contribution in [0.1, 0.15) is 29.4 Å². The number of hydrogen-bond donors (Lipinski definition) is 0. The number of imide groups is 1. The van der Waals surface area contributed by atoms with Gasteiger partial charge in [-0.2, -0.15) is 0 Å². The minimum absolute atomic E-state index is 0.194. The van der Waals surface area contributed by atoms with E-state index >= 15 is 0 Å². The monoisotopic (exact) mass is 432 g/mol. The Labute approximate surface area is 178 Å². The number of amides is 2. The van der Waals surface area contributed by atoms with Crippen molar-refractivity contribution in [2.45, 2.75) is 27.7 Å². The molecule has 3 rings (SSSR count). The number of rotatable bonds is 5. The fourth-order valence-electron chi connectivity index (χ4n) is 3.24. The number of carbonyl (C=O) groups excluding carboxylic acids is 3. The van der Waals surface area contributed by atoms with E-state index in [0.717, 1.165) is 44.9 Å². The maximum atomic E-state index is 12.6. The summed E-state index contributed by atoms with van der Waals surface area (Å²) in [6.45, 7) is 7.41. The molecule has 8 heteroatoms. The number of nitrogens with zero attached hydrogens (tertiary/aromatic N) is 2. The number of hydrogen-bond acceptors (Lipinski definition) is 5. The minimum Gasteiger partial charge on any atom is -0.465 e. The van der Waals surface area contributed by atoms with Crippen LogP contribution in [0.5, 0.6) is 0 Å². The molecule has 0 N–H and O–H groups in total. The van der Waals surface area contributed by atoms with Crippen LogP contribution in [0.15, 0.2) is 29.2 Å². The second-order valence-electron chi connectivity index (χ2n) is 6.67. The predicted molar refractivity (Wildman–Crippen MR) is 114 cm³/mol. The first kappa shape index (κ1) is 21.2. The molecule has 1 aliphatic rings. The largest absolute Gasteiger partial charge is 0.465 e. The van der Waals surface area contributed by atoms with E-state index in [9.17, 15) is 14.4 Å². The van der Waals surface area contributed by atoms with Crippen molar-refractivity contribution in [2.24, 2.45) is 0 Å². The Morgan fingerprint density at radius 1 is 1.21 bits per heavy atom. The van der Waals surface area contributed by atoms with Crippen LogP contribution < -0.4 is 0 Å². The molecule has 0 atom stereocenters. The maximum absolute atomic E-state index is 12.6. The molecule has 0 bridgehead atoms. The van der Waals surface area contributed by atoms with Gasteiger partial charge in [0.25, 0.3) is 11.1 Å². The summed E-state index contributed by atoms with van der Waals surface area (Å²) in [5.74, 6) is -1.09. The van der Waals surface area contributed by atoms with Gasteiger partial charge in [0.1, 0.15) is 6.54 Å². The molecule has 1 aromatic heterocycles. The molecule has 2 heterocycles. The van der Waals surface area contributed by atoms with Crippen LogP contribution in [0, 0.1) is 20.8 Å². The van der Waals surface area contributed by atoms with E-state index in [-0.39, 0.29) is 18.1 Å². The summed E-state index contributed by atoms with van der Waals surface area (Å²) >= 11 is 7.00. The number of aryl methyl sites for hydroxylation is 2. The molecule has 0 saturated carbocycles. The molecule has 0 spiro atoms. The number of aromatic nitrogens is 1. The Balaban J connectivity index is 1.94. The van der Waals surface area contributed by atoms with E-state index in [1.54, 1.807) is 13.0 Å². The van der Waals surface area contributed by atoms with E-state index < -0.39 is 17.1 Å². The van der Waals surface area contributed by atoms with Gasteiger partial charge < -0.3 is 9.30 Å². The lowest BCUT2D eigenvalue weighted by Gasteiger charge is -2.13. The summed E-state index contributed by atoms with van der Waals surface area (Å²) in [7, 11) is 0. The fraction of sp³-hybridized carbons (Fsp3) is 0.286. The van der Waals surface area contributed by atoms with Gasteiger partial charge in [0.2, 0.25) is 0 Å². The first-order valence-electron chi connectivity index (χ1n) is 9.09. The lowest BCUT2D eigenvalue weighted by molar-refractivity contribution is -0.145. The van der Waals surface area contributed by atoms with Crippen LogP contribution in [-0.2, 0) is 14.3 Å². The quantitative estimate of drug-likeness (QED) is 0.508. The SMILES string of the molecule is CCOC(=O)CN1C(=O)SC(=Cc2cc(C)n(-c3cc(Cl)ccc3C)c2C)C1=O. The smallest absolute Gasteiger partial charge is 0.326 e. The molecule has 0 radical (unpaired) electrons.